The van der Waals surface area contributed by atoms with Crippen LogP contribution in [0.25, 0.3) is 5.57 Å². The minimum atomic E-state index is -5.30. The molecule has 2 amide bonds. The van der Waals surface area contributed by atoms with Gasteiger partial charge in [0, 0.05) is 24.5 Å². The van der Waals surface area contributed by atoms with E-state index in [1.807, 2.05) is 0 Å². The number of amides is 2. The lowest BCUT2D eigenvalue weighted by atomic mass is 9.76. The molecule has 2 N–H and O–H groups in total. The first-order valence-corrected chi connectivity index (χ1v) is 15.2. The normalized spacial score (nSPS) is 19.5. The van der Waals surface area contributed by atoms with E-state index in [-0.39, 0.29) is 50.0 Å². The van der Waals surface area contributed by atoms with E-state index < -0.39 is 80.3 Å². The van der Waals surface area contributed by atoms with Crippen LogP contribution in [0.2, 0.25) is 0 Å². The maximum absolute atomic E-state index is 15.4. The predicted octanol–water partition coefficient (Wildman–Crippen LogP) is 5.98. The van der Waals surface area contributed by atoms with Gasteiger partial charge in [-0.3, -0.25) is 9.59 Å². The molecule has 1 heterocycles. The summed E-state index contributed by atoms with van der Waals surface area (Å²) in [4.78, 5) is 26.4. The Hall–Kier alpha value is -3.62. The van der Waals surface area contributed by atoms with Crippen LogP contribution in [0.3, 0.4) is 0 Å². The molecule has 15 heteroatoms. The molecular formula is C29H29F7N2O5S. The molecule has 0 spiro atoms. The highest BCUT2D eigenvalue weighted by molar-refractivity contribution is 7.91. The molecule has 240 valence electrons. The van der Waals surface area contributed by atoms with Crippen LogP contribution in [0.4, 0.5) is 30.7 Å². The number of halogens is 7. The van der Waals surface area contributed by atoms with E-state index in [2.05, 4.69) is 0 Å². The summed E-state index contributed by atoms with van der Waals surface area (Å²) in [6, 6.07) is 8.27. The standard InChI is InChI=1S/C29H29F7N2O5S/c1-17-5-7-18(8-6-17)21-16-27(29(34,35)36,37-25(39)24(21)26(40)38-44(41,42)20-10-11-20)22-12-9-19(15-23(22)30)43-14-4-2-3-13-28(31,32)33/h5-9,12,15,20H,2-4,10-11,13-14,16H2,1H3,(H,37,39)(H,38,40)/t27-/m0/s1. The topological polar surface area (TPSA) is 102 Å². The number of benzene rings is 2. The Morgan fingerprint density at radius 2 is 1.68 bits per heavy atom. The SMILES string of the molecule is Cc1ccc(C2=C(C(=O)NS(=O)(=O)C3CC3)C(=O)N[C@@](c3ccc(OCCCCCC(F)(F)F)cc3F)(C(F)(F)F)C2)cc1. The molecular weight excluding hydrogens is 621 g/mol. The van der Waals surface area contributed by atoms with Crippen molar-refractivity contribution in [3.8, 4) is 5.75 Å². The van der Waals surface area contributed by atoms with Crippen LogP contribution in [0.5, 0.6) is 5.75 Å². The van der Waals surface area contributed by atoms with E-state index in [0.717, 1.165) is 12.1 Å². The van der Waals surface area contributed by atoms with E-state index >= 15 is 4.39 Å². The number of unbranched alkanes of at least 4 members (excludes halogenated alkanes) is 2. The molecule has 0 aromatic heterocycles. The summed E-state index contributed by atoms with van der Waals surface area (Å²) in [7, 11) is -4.17. The lowest BCUT2D eigenvalue weighted by molar-refractivity contribution is -0.202. The molecule has 7 nitrogen and oxygen atoms in total. The summed E-state index contributed by atoms with van der Waals surface area (Å²) in [5.41, 5.74) is -4.88. The summed E-state index contributed by atoms with van der Waals surface area (Å²) in [6.45, 7) is 1.59. The number of hydrogen-bond donors (Lipinski definition) is 2. The fourth-order valence-electron chi connectivity index (χ4n) is 4.89. The van der Waals surface area contributed by atoms with Crippen LogP contribution in [-0.2, 0) is 25.2 Å². The van der Waals surface area contributed by atoms with Gasteiger partial charge in [-0.15, -0.1) is 0 Å². The molecule has 2 aliphatic rings. The summed E-state index contributed by atoms with van der Waals surface area (Å²) in [5.74, 6) is -4.53. The second-order valence-electron chi connectivity index (χ2n) is 10.8. The zero-order valence-corrected chi connectivity index (χ0v) is 24.2. The lowest BCUT2D eigenvalue weighted by Crippen LogP contribution is -2.60. The zero-order valence-electron chi connectivity index (χ0n) is 23.4. The largest absolute Gasteiger partial charge is 0.493 e. The second-order valence-corrected chi connectivity index (χ2v) is 12.8. The third-order valence-corrected chi connectivity index (χ3v) is 9.20. The summed E-state index contributed by atoms with van der Waals surface area (Å²) < 4.78 is 129. The Bertz CT molecular complexity index is 1550. The first kappa shape index (κ1) is 33.3. The van der Waals surface area contributed by atoms with Crippen LogP contribution in [-0.4, -0.2) is 44.4 Å². The van der Waals surface area contributed by atoms with Gasteiger partial charge in [-0.1, -0.05) is 29.8 Å². The molecule has 2 aromatic carbocycles. The van der Waals surface area contributed by atoms with Crippen LogP contribution in [0, 0.1) is 12.7 Å². The fourth-order valence-corrected chi connectivity index (χ4v) is 6.17. The number of carbonyl (C=O) groups excluding carboxylic acids is 2. The number of carbonyl (C=O) groups is 2. The van der Waals surface area contributed by atoms with Gasteiger partial charge in [-0.25, -0.2) is 17.5 Å². The van der Waals surface area contributed by atoms with E-state index in [1.165, 1.54) is 24.3 Å². The van der Waals surface area contributed by atoms with Crippen molar-refractivity contribution in [1.82, 2.24) is 10.0 Å². The molecule has 1 aliphatic heterocycles. The third kappa shape index (κ3) is 7.53. The van der Waals surface area contributed by atoms with E-state index in [1.54, 1.807) is 17.0 Å². The molecule has 1 aliphatic carbocycles. The average molecular weight is 651 g/mol. The minimum absolute atomic E-state index is 0.0268. The highest BCUT2D eigenvalue weighted by Crippen LogP contribution is 2.49. The Balaban J connectivity index is 1.67. The van der Waals surface area contributed by atoms with Crippen molar-refractivity contribution in [2.75, 3.05) is 6.61 Å². The van der Waals surface area contributed by atoms with Crippen molar-refractivity contribution in [3.63, 3.8) is 0 Å². The number of sulfonamides is 1. The van der Waals surface area contributed by atoms with Crippen molar-refractivity contribution in [1.29, 1.82) is 0 Å². The van der Waals surface area contributed by atoms with Gasteiger partial charge < -0.3 is 10.1 Å². The molecule has 0 radical (unpaired) electrons. The molecule has 2 aromatic rings. The van der Waals surface area contributed by atoms with E-state index in [9.17, 15) is 44.3 Å². The van der Waals surface area contributed by atoms with Gasteiger partial charge in [0.1, 0.15) is 17.1 Å². The van der Waals surface area contributed by atoms with Gasteiger partial charge in [0.05, 0.1) is 11.9 Å². The van der Waals surface area contributed by atoms with Crippen LogP contribution >= 0.6 is 0 Å². The third-order valence-electron chi connectivity index (χ3n) is 7.38. The molecule has 1 atom stereocenters. The van der Waals surface area contributed by atoms with Crippen molar-refractivity contribution in [2.45, 2.75) is 75.0 Å². The molecule has 1 fully saturated rings. The monoisotopic (exact) mass is 650 g/mol. The van der Waals surface area contributed by atoms with Crippen LogP contribution < -0.4 is 14.8 Å². The molecule has 4 rings (SSSR count). The molecule has 1 saturated carbocycles. The van der Waals surface area contributed by atoms with Gasteiger partial charge >= 0.3 is 12.4 Å². The molecule has 0 bridgehead atoms. The Kier molecular flexibility index (Phi) is 9.38. The first-order chi connectivity index (χ1) is 20.4. The van der Waals surface area contributed by atoms with Gasteiger partial charge in [0.15, 0.2) is 5.54 Å². The lowest BCUT2D eigenvalue weighted by Gasteiger charge is -2.41. The average Bonchev–Trinajstić information content (AvgIpc) is 3.76. The maximum Gasteiger partial charge on any atom is 0.416 e. The van der Waals surface area contributed by atoms with Crippen LogP contribution in [0.1, 0.15) is 61.6 Å². The molecule has 0 unspecified atom stereocenters. The van der Waals surface area contributed by atoms with Crippen molar-refractivity contribution >= 4 is 27.4 Å². The summed E-state index contributed by atoms with van der Waals surface area (Å²) >= 11 is 0. The van der Waals surface area contributed by atoms with E-state index in [4.69, 9.17) is 4.74 Å². The molecule has 0 saturated heterocycles. The number of alkyl halides is 6. The predicted molar refractivity (Wildman–Crippen MR) is 145 cm³/mol. The maximum atomic E-state index is 15.4. The highest BCUT2D eigenvalue weighted by atomic mass is 32.2. The number of rotatable bonds is 11. The number of ether oxygens (including phenoxy) is 1. The molecule has 44 heavy (non-hydrogen) atoms. The van der Waals surface area contributed by atoms with Crippen molar-refractivity contribution < 1.29 is 53.5 Å². The summed E-state index contributed by atoms with van der Waals surface area (Å²) in [5, 5.41) is 0.891. The van der Waals surface area contributed by atoms with Gasteiger partial charge in [0.2, 0.25) is 10.0 Å². The summed E-state index contributed by atoms with van der Waals surface area (Å²) in [6.07, 6.45) is -10.9. The number of hydrogen-bond acceptors (Lipinski definition) is 5. The number of aryl methyl sites for hydroxylation is 1. The second kappa shape index (κ2) is 12.4. The number of nitrogens with one attached hydrogen (secondary N) is 2. The smallest absolute Gasteiger partial charge is 0.416 e. The zero-order chi connectivity index (χ0) is 32.5. The van der Waals surface area contributed by atoms with Crippen molar-refractivity contribution in [2.24, 2.45) is 0 Å². The van der Waals surface area contributed by atoms with Gasteiger partial charge in [-0.2, -0.15) is 26.3 Å². The minimum Gasteiger partial charge on any atom is -0.493 e. The van der Waals surface area contributed by atoms with Gasteiger partial charge in [0.25, 0.3) is 11.8 Å². The fraction of sp³-hybridized carbons (Fsp3) is 0.448. The quantitative estimate of drug-likeness (QED) is 0.177. The van der Waals surface area contributed by atoms with Gasteiger partial charge in [-0.05, 0) is 62.3 Å². The Morgan fingerprint density at radius 3 is 2.25 bits per heavy atom. The van der Waals surface area contributed by atoms with Crippen LogP contribution in [0.15, 0.2) is 48.0 Å². The van der Waals surface area contributed by atoms with Crippen molar-refractivity contribution in [3.05, 3.63) is 70.5 Å². The Morgan fingerprint density at radius 1 is 1.02 bits per heavy atom. The highest BCUT2D eigenvalue weighted by Gasteiger charge is 2.61. The Labute approximate surface area is 248 Å². The van der Waals surface area contributed by atoms with E-state index in [0.29, 0.717) is 11.6 Å². The first-order valence-electron chi connectivity index (χ1n) is 13.7.